The summed E-state index contributed by atoms with van der Waals surface area (Å²) in [7, 11) is 1.54. The van der Waals surface area contributed by atoms with E-state index in [2.05, 4.69) is 10.3 Å². The van der Waals surface area contributed by atoms with Crippen LogP contribution < -0.4 is 10.1 Å². The molecule has 1 aliphatic rings. The minimum absolute atomic E-state index is 0.0501. The van der Waals surface area contributed by atoms with Gasteiger partial charge in [0.25, 0.3) is 0 Å². The molecule has 0 unspecified atom stereocenters. The van der Waals surface area contributed by atoms with Gasteiger partial charge in [0.15, 0.2) is 5.17 Å². The van der Waals surface area contributed by atoms with E-state index in [0.717, 1.165) is 29.5 Å². The molecule has 1 saturated heterocycles. The van der Waals surface area contributed by atoms with Gasteiger partial charge >= 0.3 is 6.18 Å². The Morgan fingerprint density at radius 2 is 1.72 bits per heavy atom. The number of nitrogens with one attached hydrogen (secondary N) is 1. The van der Waals surface area contributed by atoms with Gasteiger partial charge in [-0.2, -0.15) is 13.2 Å². The van der Waals surface area contributed by atoms with Crippen molar-refractivity contribution in [3.8, 4) is 5.75 Å². The number of methoxy groups -OCH3 is 1. The molecule has 36 heavy (non-hydrogen) atoms. The van der Waals surface area contributed by atoms with Gasteiger partial charge in [-0.15, -0.1) is 0 Å². The average molecular weight is 514 g/mol. The van der Waals surface area contributed by atoms with Crippen LogP contribution in [0.25, 0.3) is 0 Å². The number of thioether (sulfide) groups is 1. The lowest BCUT2D eigenvalue weighted by molar-refractivity contribution is -0.137. The number of rotatable bonds is 6. The lowest BCUT2D eigenvalue weighted by atomic mass is 10.2. The van der Waals surface area contributed by atoms with Gasteiger partial charge in [-0.3, -0.25) is 14.5 Å². The Kier molecular flexibility index (Phi) is 7.64. The van der Waals surface area contributed by atoms with Gasteiger partial charge in [-0.05, 0) is 54.1 Å². The molecule has 1 heterocycles. The van der Waals surface area contributed by atoms with Crippen molar-refractivity contribution in [2.75, 3.05) is 12.4 Å². The second-order valence-electron chi connectivity index (χ2n) is 7.93. The van der Waals surface area contributed by atoms with E-state index in [4.69, 9.17) is 4.74 Å². The number of carbonyl (C=O) groups is 2. The molecule has 0 bridgehead atoms. The smallest absolute Gasteiger partial charge is 0.416 e. The molecule has 0 saturated carbocycles. The predicted molar refractivity (Wildman–Crippen MR) is 133 cm³/mol. The summed E-state index contributed by atoms with van der Waals surface area (Å²) in [4.78, 5) is 32.0. The first-order valence-electron chi connectivity index (χ1n) is 10.9. The highest BCUT2D eigenvalue weighted by Crippen LogP contribution is 2.33. The minimum atomic E-state index is -4.47. The number of carbonyl (C=O) groups excluding carboxylic acids is 2. The van der Waals surface area contributed by atoms with Crippen molar-refractivity contribution < 1.29 is 27.5 Å². The number of alkyl halides is 3. The van der Waals surface area contributed by atoms with Crippen molar-refractivity contribution in [2.24, 2.45) is 4.99 Å². The van der Waals surface area contributed by atoms with Gasteiger partial charge in [-0.25, -0.2) is 4.99 Å². The third kappa shape index (κ3) is 6.25. The van der Waals surface area contributed by atoms with E-state index in [-0.39, 0.29) is 35.6 Å². The summed E-state index contributed by atoms with van der Waals surface area (Å²) in [5.41, 5.74) is 0.846. The highest BCUT2D eigenvalue weighted by Gasteiger charge is 2.36. The highest BCUT2D eigenvalue weighted by molar-refractivity contribution is 8.15. The number of hydrogen-bond donors (Lipinski definition) is 1. The number of amidine groups is 1. The lowest BCUT2D eigenvalue weighted by Crippen LogP contribution is -2.44. The second kappa shape index (κ2) is 10.9. The van der Waals surface area contributed by atoms with Crippen molar-refractivity contribution in [1.82, 2.24) is 4.90 Å². The third-order valence-corrected chi connectivity index (χ3v) is 6.58. The van der Waals surface area contributed by atoms with Crippen LogP contribution in [0, 0.1) is 0 Å². The Balaban J connectivity index is 1.59. The standard InChI is InChI=1S/C26H22F3N3O3S/c1-35-21-13-11-19(12-14-21)30-24(34)22-15-23(33)32(16-17-5-3-2-4-6-17)25(36-22)31-20-9-7-18(8-10-20)26(27,28)29/h2-14,22H,15-16H2,1H3,(H,30,34)/t22-/m1/s1. The van der Waals surface area contributed by atoms with Crippen molar-refractivity contribution in [3.05, 3.63) is 90.0 Å². The van der Waals surface area contributed by atoms with Crippen LogP contribution in [-0.2, 0) is 22.3 Å². The normalized spacial score (nSPS) is 17.2. The number of hydrogen-bond acceptors (Lipinski definition) is 5. The molecule has 0 radical (unpaired) electrons. The molecule has 0 spiro atoms. The van der Waals surface area contributed by atoms with Gasteiger partial charge in [0, 0.05) is 12.1 Å². The molecule has 186 valence electrons. The Labute approximate surface area is 210 Å². The number of benzene rings is 3. The first-order chi connectivity index (χ1) is 17.2. The van der Waals surface area contributed by atoms with Gasteiger partial charge in [0.2, 0.25) is 11.8 Å². The maximum atomic E-state index is 13.1. The van der Waals surface area contributed by atoms with Crippen molar-refractivity contribution in [3.63, 3.8) is 0 Å². The van der Waals surface area contributed by atoms with E-state index in [0.29, 0.717) is 11.4 Å². The molecule has 1 N–H and O–H groups in total. The molecule has 10 heteroatoms. The van der Waals surface area contributed by atoms with E-state index in [9.17, 15) is 22.8 Å². The van der Waals surface area contributed by atoms with Crippen LogP contribution in [0.3, 0.4) is 0 Å². The summed E-state index contributed by atoms with van der Waals surface area (Å²) in [6.45, 7) is 0.221. The van der Waals surface area contributed by atoms with Crippen LogP contribution in [0.5, 0.6) is 5.75 Å². The van der Waals surface area contributed by atoms with Gasteiger partial charge < -0.3 is 10.1 Å². The number of amides is 2. The van der Waals surface area contributed by atoms with Crippen molar-refractivity contribution in [1.29, 1.82) is 0 Å². The SMILES string of the molecule is COc1ccc(NC(=O)[C@H]2CC(=O)N(Cc3ccccc3)C(=Nc3ccc(C(F)(F)F)cc3)S2)cc1. The molecule has 6 nitrogen and oxygen atoms in total. The number of nitrogens with zero attached hydrogens (tertiary/aromatic N) is 2. The fourth-order valence-corrected chi connectivity index (χ4v) is 4.59. The zero-order valence-electron chi connectivity index (χ0n) is 19.2. The maximum absolute atomic E-state index is 13.1. The molecule has 4 rings (SSSR count). The van der Waals surface area contributed by atoms with E-state index in [1.54, 1.807) is 24.3 Å². The molecule has 0 aromatic heterocycles. The summed E-state index contributed by atoms with van der Waals surface area (Å²) in [5, 5.41) is 2.27. The van der Waals surface area contributed by atoms with Crippen LogP contribution in [-0.4, -0.2) is 34.2 Å². The minimum Gasteiger partial charge on any atom is -0.497 e. The molecular weight excluding hydrogens is 491 g/mol. The van der Waals surface area contributed by atoms with Gasteiger partial charge in [-0.1, -0.05) is 42.1 Å². The monoisotopic (exact) mass is 513 g/mol. The topological polar surface area (TPSA) is 71.0 Å². The highest BCUT2D eigenvalue weighted by atomic mass is 32.2. The number of aliphatic imine (C=N–C) groups is 1. The Morgan fingerprint density at radius 1 is 1.06 bits per heavy atom. The fourth-order valence-electron chi connectivity index (χ4n) is 3.50. The first-order valence-corrected chi connectivity index (χ1v) is 11.8. The Hall–Kier alpha value is -3.79. The van der Waals surface area contributed by atoms with E-state index in [1.165, 1.54) is 24.1 Å². The average Bonchev–Trinajstić information content (AvgIpc) is 2.87. The molecule has 2 amide bonds. The molecule has 3 aromatic rings. The van der Waals surface area contributed by atoms with Crippen LogP contribution in [0.1, 0.15) is 17.5 Å². The quantitative estimate of drug-likeness (QED) is 0.447. The lowest BCUT2D eigenvalue weighted by Gasteiger charge is -2.32. The van der Waals surface area contributed by atoms with Crippen LogP contribution in [0.15, 0.2) is 83.9 Å². The largest absolute Gasteiger partial charge is 0.497 e. The first kappa shape index (κ1) is 25.3. The van der Waals surface area contributed by atoms with E-state index < -0.39 is 17.0 Å². The van der Waals surface area contributed by atoms with Gasteiger partial charge in [0.05, 0.1) is 24.9 Å². The number of anilines is 1. The van der Waals surface area contributed by atoms with Crippen LogP contribution >= 0.6 is 11.8 Å². The zero-order chi connectivity index (χ0) is 25.7. The van der Waals surface area contributed by atoms with E-state index in [1.807, 2.05) is 30.3 Å². The van der Waals surface area contributed by atoms with Crippen LogP contribution in [0.4, 0.5) is 24.5 Å². The molecule has 0 aliphatic carbocycles. The molecule has 1 atom stereocenters. The summed E-state index contributed by atoms with van der Waals surface area (Å²) in [6.07, 6.45) is -4.52. The summed E-state index contributed by atoms with van der Waals surface area (Å²) in [5.74, 6) is -0.0473. The molecule has 3 aromatic carbocycles. The number of halogens is 3. The Bertz CT molecular complexity index is 1250. The summed E-state index contributed by atoms with van der Waals surface area (Å²) < 4.78 is 44.0. The predicted octanol–water partition coefficient (Wildman–Crippen LogP) is 5.87. The third-order valence-electron chi connectivity index (χ3n) is 5.39. The second-order valence-corrected chi connectivity index (χ2v) is 9.10. The molecule has 1 aliphatic heterocycles. The zero-order valence-corrected chi connectivity index (χ0v) is 20.0. The number of ether oxygens (including phenoxy) is 1. The molecule has 1 fully saturated rings. The molecular formula is C26H22F3N3O3S. The maximum Gasteiger partial charge on any atom is 0.416 e. The van der Waals surface area contributed by atoms with Crippen LogP contribution in [0.2, 0.25) is 0 Å². The van der Waals surface area contributed by atoms with Gasteiger partial charge in [0.1, 0.15) is 11.0 Å². The van der Waals surface area contributed by atoms with E-state index >= 15 is 0 Å². The summed E-state index contributed by atoms with van der Waals surface area (Å²) >= 11 is 1.10. The van der Waals surface area contributed by atoms with Crippen molar-refractivity contribution >= 4 is 40.1 Å². The summed E-state index contributed by atoms with van der Waals surface area (Å²) in [6, 6.07) is 20.4. The Morgan fingerprint density at radius 3 is 2.33 bits per heavy atom. The fraction of sp³-hybridized carbons (Fsp3) is 0.192. The van der Waals surface area contributed by atoms with Crippen molar-refractivity contribution in [2.45, 2.75) is 24.4 Å².